The van der Waals surface area contributed by atoms with E-state index in [9.17, 15) is 37.9 Å². The third-order valence-electron chi connectivity index (χ3n) is 8.85. The molecule has 0 bridgehead atoms. The smallest absolute Gasteiger partial charge is 0.306 e. The summed E-state index contributed by atoms with van der Waals surface area (Å²) in [5.41, 5.74) is 0. The first-order valence-electron chi connectivity index (χ1n) is 19.2. The number of unbranched alkanes of at least 4 members (excludes halogenated alkanes) is 17. The Morgan fingerprint density at radius 3 is 1.66 bits per heavy atom. The standard InChI is InChI=1S/C37H68O12S/c1-3-5-7-9-11-12-13-14-15-16-17-18-20-22-24-26-33(39)48-30(27-46-32(38)25-23-21-19-10-8-6-4-2)28-47-37-36(42)35(41)34(40)31(49-37)29-50(43,44)45/h14-15,30-31,34-37,40-42H,3-13,16-29H2,1-2H3,(H,43,44,45)/b15-14+/t30-,31-,34-,35?,36?,37+/m1/s1. The third-order valence-corrected chi connectivity index (χ3v) is 9.60. The first-order chi connectivity index (χ1) is 24.0. The number of carbonyl (C=O) groups is 2. The molecule has 12 nitrogen and oxygen atoms in total. The molecule has 1 saturated heterocycles. The molecule has 0 aromatic carbocycles. The average molecular weight is 737 g/mol. The Balaban J connectivity index is 2.50. The van der Waals surface area contributed by atoms with Crippen LogP contribution in [0.4, 0.5) is 0 Å². The van der Waals surface area contributed by atoms with Crippen LogP contribution in [0, 0.1) is 0 Å². The minimum Gasteiger partial charge on any atom is -0.462 e. The average Bonchev–Trinajstić information content (AvgIpc) is 3.07. The zero-order valence-corrected chi connectivity index (χ0v) is 31.6. The van der Waals surface area contributed by atoms with Crippen LogP contribution in [0.3, 0.4) is 0 Å². The summed E-state index contributed by atoms with van der Waals surface area (Å²) in [6.07, 6.45) is 17.3. The fraction of sp³-hybridized carbons (Fsp3) is 0.892. The van der Waals surface area contributed by atoms with Crippen molar-refractivity contribution < 1.29 is 56.8 Å². The summed E-state index contributed by atoms with van der Waals surface area (Å²) in [4.78, 5) is 25.1. The van der Waals surface area contributed by atoms with Crippen molar-refractivity contribution in [2.45, 2.75) is 192 Å². The molecule has 1 aliphatic rings. The molecule has 0 amide bonds. The van der Waals surface area contributed by atoms with Crippen molar-refractivity contribution >= 4 is 22.1 Å². The van der Waals surface area contributed by atoms with Crippen LogP contribution in [0.25, 0.3) is 0 Å². The first kappa shape index (κ1) is 46.4. The number of aliphatic hydroxyl groups is 3. The number of allylic oxidation sites excluding steroid dienone is 2. The van der Waals surface area contributed by atoms with E-state index >= 15 is 0 Å². The van der Waals surface area contributed by atoms with Crippen LogP contribution in [0.5, 0.6) is 0 Å². The molecule has 13 heteroatoms. The number of aliphatic hydroxyl groups excluding tert-OH is 3. The summed E-state index contributed by atoms with van der Waals surface area (Å²) in [6, 6.07) is 0. The van der Waals surface area contributed by atoms with Gasteiger partial charge in [0, 0.05) is 12.8 Å². The van der Waals surface area contributed by atoms with Crippen LogP contribution < -0.4 is 0 Å². The molecule has 6 atom stereocenters. The van der Waals surface area contributed by atoms with Gasteiger partial charge < -0.3 is 34.3 Å². The molecule has 0 aliphatic carbocycles. The molecule has 50 heavy (non-hydrogen) atoms. The van der Waals surface area contributed by atoms with Gasteiger partial charge in [-0.1, -0.05) is 116 Å². The summed E-state index contributed by atoms with van der Waals surface area (Å²) >= 11 is 0. The van der Waals surface area contributed by atoms with Crippen molar-refractivity contribution in [2.24, 2.45) is 0 Å². The monoisotopic (exact) mass is 736 g/mol. The zero-order valence-electron chi connectivity index (χ0n) is 30.8. The van der Waals surface area contributed by atoms with Gasteiger partial charge in [0.2, 0.25) is 0 Å². The van der Waals surface area contributed by atoms with Gasteiger partial charge in [-0.2, -0.15) is 8.42 Å². The van der Waals surface area contributed by atoms with E-state index in [0.29, 0.717) is 12.8 Å². The maximum Gasteiger partial charge on any atom is 0.306 e. The largest absolute Gasteiger partial charge is 0.462 e. The van der Waals surface area contributed by atoms with Crippen molar-refractivity contribution in [1.29, 1.82) is 0 Å². The normalized spacial score (nSPS) is 21.8. The number of carbonyl (C=O) groups excluding carboxylic acids is 2. The number of hydrogen-bond acceptors (Lipinski definition) is 11. The summed E-state index contributed by atoms with van der Waals surface area (Å²) in [5.74, 6) is -2.00. The maximum atomic E-state index is 12.7. The van der Waals surface area contributed by atoms with Gasteiger partial charge in [-0.15, -0.1) is 0 Å². The fourth-order valence-electron chi connectivity index (χ4n) is 5.79. The highest BCUT2D eigenvalue weighted by molar-refractivity contribution is 7.85. The molecule has 294 valence electrons. The van der Waals surface area contributed by atoms with Crippen molar-refractivity contribution in [1.82, 2.24) is 0 Å². The molecule has 1 aliphatic heterocycles. The fourth-order valence-corrected chi connectivity index (χ4v) is 6.48. The predicted molar refractivity (Wildman–Crippen MR) is 192 cm³/mol. The van der Waals surface area contributed by atoms with Crippen molar-refractivity contribution in [3.05, 3.63) is 12.2 Å². The second-order valence-corrected chi connectivity index (χ2v) is 15.1. The van der Waals surface area contributed by atoms with Crippen molar-refractivity contribution in [3.8, 4) is 0 Å². The number of esters is 2. The summed E-state index contributed by atoms with van der Waals surface area (Å²) in [5, 5.41) is 30.7. The van der Waals surface area contributed by atoms with Gasteiger partial charge in [0.15, 0.2) is 12.4 Å². The highest BCUT2D eigenvalue weighted by atomic mass is 32.2. The molecule has 1 heterocycles. The quantitative estimate of drug-likeness (QED) is 0.0269. The minimum absolute atomic E-state index is 0.157. The van der Waals surface area contributed by atoms with Crippen LogP contribution >= 0.6 is 0 Å². The highest BCUT2D eigenvalue weighted by Gasteiger charge is 2.46. The Hall–Kier alpha value is -1.61. The topological polar surface area (TPSA) is 186 Å². The summed E-state index contributed by atoms with van der Waals surface area (Å²) < 4.78 is 53.7. The lowest BCUT2D eigenvalue weighted by Crippen LogP contribution is -2.60. The van der Waals surface area contributed by atoms with E-state index in [1.807, 2.05) is 0 Å². The molecule has 0 aromatic heterocycles. The van der Waals surface area contributed by atoms with Crippen LogP contribution in [0.2, 0.25) is 0 Å². The third kappa shape index (κ3) is 23.8. The van der Waals surface area contributed by atoms with E-state index in [2.05, 4.69) is 26.0 Å². The summed E-state index contributed by atoms with van der Waals surface area (Å²) in [7, 11) is -4.59. The molecule has 1 fully saturated rings. The van der Waals surface area contributed by atoms with Crippen LogP contribution in [-0.2, 0) is 38.7 Å². The Kier molecular flexibility index (Phi) is 26.8. The van der Waals surface area contributed by atoms with Gasteiger partial charge in [0.25, 0.3) is 10.1 Å². The van der Waals surface area contributed by atoms with Crippen LogP contribution in [0.1, 0.15) is 155 Å². The molecule has 4 N–H and O–H groups in total. The van der Waals surface area contributed by atoms with Gasteiger partial charge in [0.05, 0.1) is 6.61 Å². The Bertz CT molecular complexity index is 1000. The van der Waals surface area contributed by atoms with E-state index in [1.54, 1.807) is 0 Å². The van der Waals surface area contributed by atoms with E-state index in [1.165, 1.54) is 57.8 Å². The first-order valence-corrected chi connectivity index (χ1v) is 20.9. The maximum absolute atomic E-state index is 12.7. The molecule has 1 rings (SSSR count). The van der Waals surface area contributed by atoms with Gasteiger partial charge >= 0.3 is 11.9 Å². The number of hydrogen-bond donors (Lipinski definition) is 4. The predicted octanol–water partition coefficient (Wildman–Crippen LogP) is 6.33. The van der Waals surface area contributed by atoms with Crippen molar-refractivity contribution in [2.75, 3.05) is 19.0 Å². The molecule has 0 spiro atoms. The molecular weight excluding hydrogens is 668 g/mol. The number of rotatable bonds is 31. The second kappa shape index (κ2) is 28.9. The van der Waals surface area contributed by atoms with Crippen LogP contribution in [-0.4, -0.2) is 96.0 Å². The van der Waals surface area contributed by atoms with Crippen LogP contribution in [0.15, 0.2) is 12.2 Å². The molecule has 0 aromatic rings. The van der Waals surface area contributed by atoms with E-state index in [4.69, 9.17) is 18.9 Å². The van der Waals surface area contributed by atoms with Gasteiger partial charge in [0.1, 0.15) is 36.8 Å². The molecule has 0 saturated carbocycles. The molecule has 2 unspecified atom stereocenters. The lowest BCUT2D eigenvalue weighted by Gasteiger charge is -2.40. The Labute approximate surface area is 301 Å². The lowest BCUT2D eigenvalue weighted by atomic mass is 10.00. The van der Waals surface area contributed by atoms with Gasteiger partial charge in [-0.05, 0) is 38.5 Å². The van der Waals surface area contributed by atoms with Gasteiger partial charge in [-0.25, -0.2) is 0 Å². The van der Waals surface area contributed by atoms with E-state index < -0.39 is 71.2 Å². The van der Waals surface area contributed by atoms with E-state index in [0.717, 1.165) is 57.8 Å². The second-order valence-electron chi connectivity index (χ2n) is 13.6. The lowest BCUT2D eigenvalue weighted by molar-refractivity contribution is -0.297. The van der Waals surface area contributed by atoms with Gasteiger partial charge in [-0.3, -0.25) is 14.1 Å². The summed E-state index contributed by atoms with van der Waals surface area (Å²) in [6.45, 7) is 3.67. The molecule has 0 radical (unpaired) electrons. The Morgan fingerprint density at radius 2 is 1.14 bits per heavy atom. The SMILES string of the molecule is CCCCCCCC/C=C/CCCCCCCC(=O)O[C@H](COC(=O)CCCCCCCCC)CO[C@H]1O[C@H](CS(=O)(=O)O)[C@@H](O)C(O)C1O. The Morgan fingerprint density at radius 1 is 0.660 bits per heavy atom. The van der Waals surface area contributed by atoms with Crippen molar-refractivity contribution in [3.63, 3.8) is 0 Å². The minimum atomic E-state index is -4.59. The molecular formula is C37H68O12S. The number of ether oxygens (including phenoxy) is 4. The highest BCUT2D eigenvalue weighted by Crippen LogP contribution is 2.24. The zero-order chi connectivity index (χ0) is 37.0. The van der Waals surface area contributed by atoms with E-state index in [-0.39, 0.29) is 19.4 Å².